The molecule has 0 unspecified atom stereocenters. The smallest absolute Gasteiger partial charge is 0.251 e. The fourth-order valence-corrected chi connectivity index (χ4v) is 1.52. The molecule has 1 aromatic rings. The summed E-state index contributed by atoms with van der Waals surface area (Å²) in [5, 5.41) is 3.75. The van der Waals surface area contributed by atoms with E-state index >= 15 is 0 Å². The summed E-state index contributed by atoms with van der Waals surface area (Å²) >= 11 is 6.63. The molecule has 0 aliphatic rings. The molecule has 0 spiro atoms. The van der Waals surface area contributed by atoms with Gasteiger partial charge in [0, 0.05) is 21.9 Å². The summed E-state index contributed by atoms with van der Waals surface area (Å²) in [7, 11) is 0. The molecule has 1 rings (SSSR count). The number of rotatable bonds is 4. The second kappa shape index (κ2) is 6.19. The summed E-state index contributed by atoms with van der Waals surface area (Å²) in [6, 6.07) is 7.32. The van der Waals surface area contributed by atoms with Gasteiger partial charge in [0.15, 0.2) is 0 Å². The molecule has 2 nitrogen and oxygen atoms in total. The van der Waals surface area contributed by atoms with Crippen LogP contribution in [0, 0.1) is 0 Å². The number of hydrogen-bond acceptors (Lipinski definition) is 1. The van der Waals surface area contributed by atoms with Crippen LogP contribution in [0.2, 0.25) is 0 Å². The van der Waals surface area contributed by atoms with Crippen LogP contribution in [0.5, 0.6) is 0 Å². The van der Waals surface area contributed by atoms with Crippen molar-refractivity contribution < 1.29 is 4.79 Å². The van der Waals surface area contributed by atoms with Gasteiger partial charge in [0.1, 0.15) is 0 Å². The summed E-state index contributed by atoms with van der Waals surface area (Å²) in [6.45, 7) is 0.708. The summed E-state index contributed by atoms with van der Waals surface area (Å²) < 4.78 is 0.981. The summed E-state index contributed by atoms with van der Waals surface area (Å²) in [4.78, 5) is 11.5. The van der Waals surface area contributed by atoms with Crippen LogP contribution < -0.4 is 5.32 Å². The fourth-order valence-electron chi connectivity index (χ4n) is 0.972. The third kappa shape index (κ3) is 3.80. The molecule has 0 aromatic heterocycles. The van der Waals surface area contributed by atoms with E-state index in [0.717, 1.165) is 16.2 Å². The van der Waals surface area contributed by atoms with E-state index in [1.54, 1.807) is 12.1 Å². The Balaban J connectivity index is 2.48. The van der Waals surface area contributed by atoms with Crippen molar-refractivity contribution in [3.63, 3.8) is 0 Å². The van der Waals surface area contributed by atoms with Crippen LogP contribution in [0.4, 0.5) is 0 Å². The van der Waals surface area contributed by atoms with Crippen LogP contribution in [0.3, 0.4) is 0 Å². The predicted octanol–water partition coefficient (Wildman–Crippen LogP) is 2.96. The molecule has 1 N–H and O–H groups in total. The SMILES string of the molecule is O=C(NCCCBr)c1ccc(Br)cc1. The standard InChI is InChI=1S/C10H11Br2NO/c11-6-1-7-13-10(14)8-2-4-9(12)5-3-8/h2-5H,1,6-7H2,(H,13,14). The van der Waals surface area contributed by atoms with Crippen molar-refractivity contribution in [1.82, 2.24) is 5.32 Å². The van der Waals surface area contributed by atoms with Crippen LogP contribution in [-0.4, -0.2) is 17.8 Å². The summed E-state index contributed by atoms with van der Waals surface area (Å²) in [5.74, 6) is -0.0153. The Kier molecular flexibility index (Phi) is 5.19. The molecule has 76 valence electrons. The second-order valence-electron chi connectivity index (χ2n) is 2.81. The van der Waals surface area contributed by atoms with Gasteiger partial charge in [-0.25, -0.2) is 0 Å². The number of nitrogens with one attached hydrogen (secondary N) is 1. The molecule has 0 saturated carbocycles. The van der Waals surface area contributed by atoms with Crippen molar-refractivity contribution >= 4 is 37.8 Å². The van der Waals surface area contributed by atoms with Crippen molar-refractivity contribution in [1.29, 1.82) is 0 Å². The maximum Gasteiger partial charge on any atom is 0.251 e. The lowest BCUT2D eigenvalue weighted by Crippen LogP contribution is -2.24. The van der Waals surface area contributed by atoms with Crippen molar-refractivity contribution in [2.75, 3.05) is 11.9 Å². The number of halogens is 2. The Morgan fingerprint density at radius 2 is 1.93 bits per heavy atom. The molecular weight excluding hydrogens is 310 g/mol. The zero-order chi connectivity index (χ0) is 10.4. The van der Waals surface area contributed by atoms with E-state index in [1.165, 1.54) is 0 Å². The highest BCUT2D eigenvalue weighted by atomic mass is 79.9. The van der Waals surface area contributed by atoms with Crippen molar-refractivity contribution in [2.45, 2.75) is 6.42 Å². The lowest BCUT2D eigenvalue weighted by Gasteiger charge is -2.03. The van der Waals surface area contributed by atoms with Gasteiger partial charge in [0.25, 0.3) is 5.91 Å². The number of alkyl halides is 1. The molecule has 14 heavy (non-hydrogen) atoms. The Labute approximate surface area is 100 Å². The minimum Gasteiger partial charge on any atom is -0.352 e. The molecule has 0 bridgehead atoms. The van der Waals surface area contributed by atoms with Crippen LogP contribution in [-0.2, 0) is 0 Å². The van der Waals surface area contributed by atoms with Gasteiger partial charge in [0.2, 0.25) is 0 Å². The summed E-state index contributed by atoms with van der Waals surface area (Å²) in [6.07, 6.45) is 0.947. The molecule has 0 aliphatic carbocycles. The van der Waals surface area contributed by atoms with E-state index in [0.29, 0.717) is 12.1 Å². The maximum absolute atomic E-state index is 11.5. The predicted molar refractivity (Wildman–Crippen MR) is 64.9 cm³/mol. The Hall–Kier alpha value is -0.350. The number of amides is 1. The molecule has 1 amide bonds. The third-order valence-corrected chi connectivity index (χ3v) is 2.79. The van der Waals surface area contributed by atoms with Crippen LogP contribution in [0.15, 0.2) is 28.7 Å². The number of carbonyl (C=O) groups is 1. The van der Waals surface area contributed by atoms with E-state index in [-0.39, 0.29) is 5.91 Å². The zero-order valence-electron chi connectivity index (χ0n) is 7.59. The topological polar surface area (TPSA) is 29.1 Å². The van der Waals surface area contributed by atoms with Gasteiger partial charge in [-0.2, -0.15) is 0 Å². The highest BCUT2D eigenvalue weighted by Crippen LogP contribution is 2.10. The average molecular weight is 321 g/mol. The van der Waals surface area contributed by atoms with E-state index in [4.69, 9.17) is 0 Å². The monoisotopic (exact) mass is 319 g/mol. The van der Waals surface area contributed by atoms with Crippen molar-refractivity contribution in [3.05, 3.63) is 34.3 Å². The first-order valence-electron chi connectivity index (χ1n) is 4.34. The Morgan fingerprint density at radius 3 is 2.50 bits per heavy atom. The molecule has 0 radical (unpaired) electrons. The molecule has 1 aromatic carbocycles. The Morgan fingerprint density at radius 1 is 1.29 bits per heavy atom. The van der Waals surface area contributed by atoms with Gasteiger partial charge in [-0.05, 0) is 30.7 Å². The molecular formula is C10H11Br2NO. The van der Waals surface area contributed by atoms with Gasteiger partial charge >= 0.3 is 0 Å². The normalized spacial score (nSPS) is 9.86. The highest BCUT2D eigenvalue weighted by Gasteiger charge is 2.02. The third-order valence-electron chi connectivity index (χ3n) is 1.70. The first kappa shape index (κ1) is 11.7. The molecule has 0 aliphatic heterocycles. The van der Waals surface area contributed by atoms with Crippen LogP contribution in [0.1, 0.15) is 16.8 Å². The average Bonchev–Trinajstić information content (AvgIpc) is 2.19. The Bertz CT molecular complexity index is 297. The number of benzene rings is 1. The lowest BCUT2D eigenvalue weighted by atomic mass is 10.2. The number of carbonyl (C=O) groups excluding carboxylic acids is 1. The first-order chi connectivity index (χ1) is 6.74. The quantitative estimate of drug-likeness (QED) is 0.670. The van der Waals surface area contributed by atoms with Crippen molar-refractivity contribution in [2.24, 2.45) is 0 Å². The summed E-state index contributed by atoms with van der Waals surface area (Å²) in [5.41, 5.74) is 0.697. The van der Waals surface area contributed by atoms with Gasteiger partial charge in [0.05, 0.1) is 0 Å². The maximum atomic E-state index is 11.5. The van der Waals surface area contributed by atoms with E-state index in [9.17, 15) is 4.79 Å². The molecule has 0 fully saturated rings. The molecule has 0 heterocycles. The molecule has 0 atom stereocenters. The fraction of sp³-hybridized carbons (Fsp3) is 0.300. The van der Waals surface area contributed by atoms with E-state index in [1.807, 2.05) is 12.1 Å². The number of hydrogen-bond donors (Lipinski definition) is 1. The molecule has 4 heteroatoms. The highest BCUT2D eigenvalue weighted by molar-refractivity contribution is 9.10. The second-order valence-corrected chi connectivity index (χ2v) is 4.51. The first-order valence-corrected chi connectivity index (χ1v) is 6.25. The van der Waals surface area contributed by atoms with Gasteiger partial charge in [-0.1, -0.05) is 31.9 Å². The van der Waals surface area contributed by atoms with Gasteiger partial charge < -0.3 is 5.32 Å². The van der Waals surface area contributed by atoms with E-state index < -0.39 is 0 Å². The zero-order valence-corrected chi connectivity index (χ0v) is 10.8. The van der Waals surface area contributed by atoms with Crippen LogP contribution >= 0.6 is 31.9 Å². The van der Waals surface area contributed by atoms with E-state index in [2.05, 4.69) is 37.2 Å². The lowest BCUT2D eigenvalue weighted by molar-refractivity contribution is 0.0954. The molecule has 0 saturated heterocycles. The minimum atomic E-state index is -0.0153. The van der Waals surface area contributed by atoms with Crippen LogP contribution in [0.25, 0.3) is 0 Å². The van der Waals surface area contributed by atoms with Gasteiger partial charge in [-0.3, -0.25) is 4.79 Å². The van der Waals surface area contributed by atoms with Crippen molar-refractivity contribution in [3.8, 4) is 0 Å². The van der Waals surface area contributed by atoms with Gasteiger partial charge in [-0.15, -0.1) is 0 Å². The minimum absolute atomic E-state index is 0.0153. The largest absolute Gasteiger partial charge is 0.352 e.